The van der Waals surface area contributed by atoms with Crippen molar-refractivity contribution < 1.29 is 0 Å². The van der Waals surface area contributed by atoms with Crippen LogP contribution in [0.15, 0.2) is 176 Å². The van der Waals surface area contributed by atoms with Crippen LogP contribution in [0, 0.1) is 27.7 Å². The normalized spacial score (nSPS) is 11.6. The van der Waals surface area contributed by atoms with Crippen LogP contribution in [-0.4, -0.2) is 0 Å². The van der Waals surface area contributed by atoms with Gasteiger partial charge in [0.1, 0.15) is 0 Å². The molecule has 0 radical (unpaired) electrons. The van der Waals surface area contributed by atoms with Gasteiger partial charge in [0.2, 0.25) is 0 Å². The van der Waals surface area contributed by atoms with Gasteiger partial charge in [0.05, 0.1) is 0 Å². The zero-order valence-corrected chi connectivity index (χ0v) is 42.4. The number of fused-ring (bicyclic) bond motifs is 8. The Bertz CT molecular complexity index is 2640. The predicted molar refractivity (Wildman–Crippen MR) is 290 cm³/mol. The van der Waals surface area contributed by atoms with E-state index in [0.717, 1.165) is 19.3 Å². The van der Waals surface area contributed by atoms with Gasteiger partial charge in [-0.05, 0) is 130 Å². The van der Waals surface area contributed by atoms with E-state index in [1.807, 2.05) is 52.0 Å². The monoisotopic (exact) mass is 859 g/mol. The number of hydrogen-bond acceptors (Lipinski definition) is 0. The first-order valence-electron chi connectivity index (χ1n) is 24.4. The van der Waals surface area contributed by atoms with Crippen LogP contribution in [0.25, 0.3) is 33.0 Å². The minimum absolute atomic E-state index is 0.0888. The van der Waals surface area contributed by atoms with Crippen LogP contribution in [0.3, 0.4) is 0 Å². The summed E-state index contributed by atoms with van der Waals surface area (Å²) in [6.45, 7) is 30.1. The Morgan fingerprint density at radius 1 is 0.462 bits per heavy atom. The van der Waals surface area contributed by atoms with Crippen molar-refractivity contribution >= 4 is 10.8 Å². The average molecular weight is 859 g/mol. The van der Waals surface area contributed by atoms with Crippen LogP contribution in [0.4, 0.5) is 0 Å². The van der Waals surface area contributed by atoms with Crippen LogP contribution in [0.1, 0.15) is 136 Å². The van der Waals surface area contributed by atoms with Crippen molar-refractivity contribution in [1.29, 1.82) is 0 Å². The number of hydrogen-bond donors (Lipinski definition) is 0. The molecule has 0 spiro atoms. The van der Waals surface area contributed by atoms with Crippen molar-refractivity contribution in [2.75, 3.05) is 0 Å². The quantitative estimate of drug-likeness (QED) is 0.166. The lowest BCUT2D eigenvalue weighted by molar-refractivity contribution is 0.659. The van der Waals surface area contributed by atoms with E-state index in [0.29, 0.717) is 5.92 Å². The zero-order valence-electron chi connectivity index (χ0n) is 42.4. The molecule has 338 valence electrons. The maximum Gasteiger partial charge on any atom is 0.0159 e. The van der Waals surface area contributed by atoms with E-state index in [1.165, 1.54) is 88.7 Å². The van der Waals surface area contributed by atoms with Gasteiger partial charge in [0.25, 0.3) is 0 Å². The van der Waals surface area contributed by atoms with Crippen LogP contribution >= 0.6 is 0 Å². The highest BCUT2D eigenvalue weighted by atomic mass is 14.4. The molecule has 0 fully saturated rings. The van der Waals surface area contributed by atoms with E-state index in [-0.39, 0.29) is 5.41 Å². The first-order chi connectivity index (χ1) is 31.4. The van der Waals surface area contributed by atoms with Crippen molar-refractivity contribution in [2.45, 2.75) is 128 Å². The fraction of sp³-hybridized carbons (Fsp3) is 0.292. The molecular weight excluding hydrogens is 781 g/mol. The van der Waals surface area contributed by atoms with Crippen molar-refractivity contribution in [1.82, 2.24) is 0 Å². The Morgan fingerprint density at radius 2 is 1.00 bits per heavy atom. The molecule has 2 aliphatic carbocycles. The van der Waals surface area contributed by atoms with E-state index in [2.05, 4.69) is 221 Å². The highest BCUT2D eigenvalue weighted by Crippen LogP contribution is 2.52. The van der Waals surface area contributed by atoms with E-state index >= 15 is 0 Å². The molecule has 8 aromatic carbocycles. The second kappa shape index (κ2) is 25.5. The molecule has 0 aliphatic heterocycles. The Labute approximate surface area is 395 Å². The topological polar surface area (TPSA) is 0 Å². The first kappa shape index (κ1) is 51.7. The molecule has 0 amide bonds. The minimum atomic E-state index is 0.0888. The van der Waals surface area contributed by atoms with E-state index in [4.69, 9.17) is 0 Å². The standard InChI is InChI=1S/C21H20.C15H14.2C9H12.C7H8.2C2H6/c1-13-9-10-17-18(11-13)21(3,4)19-12-14(2)15-7-5-6-8-16(15)20(17)19;1-2-11-7-5-9-14-13-8-4-3-6-12(13)10-15(11)14;1-8(2)9-6-4-3-5-7-9;1-3-9-6-4-8(2)5-7-9;1-7-5-3-2-4-6-7;2*1-2/h5-12H,1-4H3;3-9H,2,10H2,1H3;3-8H,1-2H3;4-7H,3H2,1-2H3;2-6H,1H3;2*1-2H3. The van der Waals surface area contributed by atoms with Gasteiger partial charge in [-0.15, -0.1) is 0 Å². The highest BCUT2D eigenvalue weighted by molar-refractivity contribution is 6.03. The molecule has 0 saturated carbocycles. The van der Waals surface area contributed by atoms with E-state index in [1.54, 1.807) is 5.56 Å². The fourth-order valence-electron chi connectivity index (χ4n) is 8.63. The van der Waals surface area contributed by atoms with Crippen molar-refractivity contribution in [3.63, 3.8) is 0 Å². The van der Waals surface area contributed by atoms with Gasteiger partial charge in [0.15, 0.2) is 0 Å². The third kappa shape index (κ3) is 13.3. The number of rotatable bonds is 3. The summed E-state index contributed by atoms with van der Waals surface area (Å²) >= 11 is 0. The molecule has 0 saturated heterocycles. The van der Waals surface area contributed by atoms with Crippen LogP contribution in [0.5, 0.6) is 0 Å². The lowest BCUT2D eigenvalue weighted by Crippen LogP contribution is -2.15. The van der Waals surface area contributed by atoms with Gasteiger partial charge in [-0.3, -0.25) is 0 Å². The summed E-state index contributed by atoms with van der Waals surface area (Å²) in [5, 5.41) is 2.77. The fourth-order valence-corrected chi connectivity index (χ4v) is 8.63. The molecule has 0 N–H and O–H groups in total. The van der Waals surface area contributed by atoms with Crippen molar-refractivity contribution in [3.05, 3.63) is 237 Å². The second-order valence-corrected chi connectivity index (χ2v) is 17.5. The maximum atomic E-state index is 2.40. The molecule has 0 heterocycles. The van der Waals surface area contributed by atoms with Crippen LogP contribution in [-0.2, 0) is 24.7 Å². The number of aryl methyl sites for hydroxylation is 6. The molecule has 8 aromatic rings. The highest BCUT2D eigenvalue weighted by Gasteiger charge is 2.36. The predicted octanol–water partition coefficient (Wildman–Crippen LogP) is 19.0. The van der Waals surface area contributed by atoms with Gasteiger partial charge in [-0.1, -0.05) is 262 Å². The van der Waals surface area contributed by atoms with Crippen molar-refractivity contribution in [2.24, 2.45) is 0 Å². The lowest BCUT2D eigenvalue weighted by Gasteiger charge is -2.22. The summed E-state index contributed by atoms with van der Waals surface area (Å²) in [6, 6.07) is 63.0. The molecule has 0 atom stereocenters. The third-order valence-electron chi connectivity index (χ3n) is 12.3. The molecule has 2 aliphatic rings. The van der Waals surface area contributed by atoms with Gasteiger partial charge < -0.3 is 0 Å². The summed E-state index contributed by atoms with van der Waals surface area (Å²) in [7, 11) is 0. The summed E-state index contributed by atoms with van der Waals surface area (Å²) in [4.78, 5) is 0. The third-order valence-corrected chi connectivity index (χ3v) is 12.3. The molecular formula is C65H78. The molecule has 0 unspecified atom stereocenters. The van der Waals surface area contributed by atoms with Gasteiger partial charge in [-0.25, -0.2) is 0 Å². The summed E-state index contributed by atoms with van der Waals surface area (Å²) in [6.07, 6.45) is 3.40. The van der Waals surface area contributed by atoms with Gasteiger partial charge >= 0.3 is 0 Å². The second-order valence-electron chi connectivity index (χ2n) is 17.5. The van der Waals surface area contributed by atoms with Gasteiger partial charge in [0, 0.05) is 5.41 Å². The Hall–Kier alpha value is -5.98. The molecule has 10 rings (SSSR count). The maximum absolute atomic E-state index is 2.40. The zero-order chi connectivity index (χ0) is 47.5. The Morgan fingerprint density at radius 3 is 1.57 bits per heavy atom. The van der Waals surface area contributed by atoms with E-state index < -0.39 is 0 Å². The summed E-state index contributed by atoms with van der Waals surface area (Å²) < 4.78 is 0. The molecule has 0 aromatic heterocycles. The number of benzene rings is 8. The molecule has 65 heavy (non-hydrogen) atoms. The first-order valence-corrected chi connectivity index (χ1v) is 24.4. The Balaban J connectivity index is 0.000000185. The molecule has 0 nitrogen and oxygen atoms in total. The van der Waals surface area contributed by atoms with Crippen LogP contribution < -0.4 is 0 Å². The average Bonchev–Trinajstić information content (AvgIpc) is 3.83. The van der Waals surface area contributed by atoms with Crippen molar-refractivity contribution in [3.8, 4) is 22.3 Å². The molecule has 0 bridgehead atoms. The summed E-state index contributed by atoms with van der Waals surface area (Å²) in [5.74, 6) is 0.659. The van der Waals surface area contributed by atoms with Gasteiger partial charge in [-0.2, -0.15) is 0 Å². The summed E-state index contributed by atoms with van der Waals surface area (Å²) in [5.41, 5.74) is 21.5. The lowest BCUT2D eigenvalue weighted by atomic mass is 9.81. The smallest absolute Gasteiger partial charge is 0.0159 e. The van der Waals surface area contributed by atoms with Crippen LogP contribution in [0.2, 0.25) is 0 Å². The van der Waals surface area contributed by atoms with E-state index in [9.17, 15) is 0 Å². The molecule has 0 heteroatoms. The SMILES string of the molecule is CC.CC.CC(C)c1ccccc1.CCc1ccc(C)cc1.CCc1cccc2c1Cc1ccccc1-2.Cc1ccc2c(c1)C(C)(C)c1cc(C)c3ccccc3c1-2.Cc1ccccc1. The largest absolute Gasteiger partial charge is 0.0683 e. The Kier molecular flexibility index (Phi) is 20.3. The minimum Gasteiger partial charge on any atom is -0.0683 e.